The first-order valence-corrected chi connectivity index (χ1v) is 15.8. The molecule has 4 atom stereocenters. The van der Waals surface area contributed by atoms with Crippen LogP contribution in [-0.2, 0) is 31.9 Å². The van der Waals surface area contributed by atoms with Crippen LogP contribution in [-0.4, -0.2) is 51.1 Å². The zero-order valence-electron chi connectivity index (χ0n) is 26.8. The van der Waals surface area contributed by atoms with E-state index < -0.39 is 40.8 Å². The minimum Gasteiger partial charge on any atom is -0.458 e. The lowest BCUT2D eigenvalue weighted by atomic mass is 9.66. The van der Waals surface area contributed by atoms with Crippen molar-refractivity contribution < 1.29 is 23.9 Å². The zero-order valence-corrected chi connectivity index (χ0v) is 26.8. The number of benzene rings is 4. The summed E-state index contributed by atoms with van der Waals surface area (Å²) in [5.41, 5.74) is -0.118. The molecule has 46 heavy (non-hydrogen) atoms. The summed E-state index contributed by atoms with van der Waals surface area (Å²) in [4.78, 5) is 46.9. The van der Waals surface area contributed by atoms with Crippen molar-refractivity contribution >= 4 is 18.0 Å². The smallest absolute Gasteiger partial charge is 0.411 e. The zero-order chi connectivity index (χ0) is 32.5. The first-order chi connectivity index (χ1) is 22.0. The predicted octanol–water partition coefficient (Wildman–Crippen LogP) is 7.09. The van der Waals surface area contributed by atoms with Gasteiger partial charge in [0, 0.05) is 12.8 Å². The summed E-state index contributed by atoms with van der Waals surface area (Å²) in [6.45, 7) is 7.37. The van der Waals surface area contributed by atoms with Gasteiger partial charge < -0.3 is 14.4 Å². The molecule has 0 spiro atoms. The highest BCUT2D eigenvalue weighted by Gasteiger charge is 2.72. The molecule has 4 aromatic rings. The third-order valence-electron chi connectivity index (χ3n) is 8.98. The second-order valence-corrected chi connectivity index (χ2v) is 13.4. The summed E-state index contributed by atoms with van der Waals surface area (Å²) < 4.78 is 11.8. The molecule has 0 aliphatic carbocycles. The van der Waals surface area contributed by atoms with E-state index in [2.05, 4.69) is 0 Å². The predicted molar refractivity (Wildman–Crippen MR) is 176 cm³/mol. The molecule has 6 rings (SSSR count). The van der Waals surface area contributed by atoms with Crippen LogP contribution in [0.1, 0.15) is 62.0 Å². The van der Waals surface area contributed by atoms with Gasteiger partial charge in [-0.05, 0) is 49.9 Å². The van der Waals surface area contributed by atoms with Crippen LogP contribution in [0.25, 0.3) is 0 Å². The molecule has 2 fully saturated rings. The maximum atomic E-state index is 15.4. The molecule has 0 N–H and O–H groups in total. The Morgan fingerprint density at radius 2 is 1.26 bits per heavy atom. The number of rotatable bonds is 9. The van der Waals surface area contributed by atoms with E-state index in [1.807, 2.05) is 142 Å². The van der Waals surface area contributed by atoms with Crippen LogP contribution in [0.3, 0.4) is 0 Å². The number of ether oxygens (including phenoxy) is 2. The van der Waals surface area contributed by atoms with E-state index in [1.165, 1.54) is 0 Å². The van der Waals surface area contributed by atoms with Crippen molar-refractivity contribution in [1.82, 2.24) is 9.80 Å². The minimum absolute atomic E-state index is 0.113. The fourth-order valence-electron chi connectivity index (χ4n) is 6.98. The third kappa shape index (κ3) is 5.55. The van der Waals surface area contributed by atoms with Crippen LogP contribution in [0.5, 0.6) is 0 Å². The van der Waals surface area contributed by atoms with Crippen LogP contribution in [0.15, 0.2) is 121 Å². The number of likely N-dealkylation sites (tertiary alicyclic amines) is 1. The number of carbonyl (C=O) groups excluding carboxylic acids is 3. The van der Waals surface area contributed by atoms with Gasteiger partial charge in [0.05, 0.1) is 12.1 Å². The molecule has 2 aliphatic heterocycles. The Balaban J connectivity index is 1.57. The van der Waals surface area contributed by atoms with Gasteiger partial charge in [0.25, 0.3) is 5.91 Å². The molecule has 7 nitrogen and oxygen atoms in total. The number of carbonyl (C=O) groups is 3. The first-order valence-electron chi connectivity index (χ1n) is 15.8. The van der Waals surface area contributed by atoms with Gasteiger partial charge >= 0.3 is 12.1 Å². The maximum absolute atomic E-state index is 15.4. The first kappa shape index (κ1) is 31.1. The third-order valence-corrected chi connectivity index (χ3v) is 8.98. The maximum Gasteiger partial charge on any atom is 0.411 e. The summed E-state index contributed by atoms with van der Waals surface area (Å²) >= 11 is 0. The van der Waals surface area contributed by atoms with Crippen molar-refractivity contribution in [3.05, 3.63) is 144 Å². The Labute approximate surface area is 270 Å². The Morgan fingerprint density at radius 3 is 1.80 bits per heavy atom. The molecule has 0 radical (unpaired) electrons. The quantitative estimate of drug-likeness (QED) is 0.148. The number of hydrogen-bond donors (Lipinski definition) is 0. The van der Waals surface area contributed by atoms with Crippen LogP contribution in [0.2, 0.25) is 0 Å². The lowest BCUT2D eigenvalue weighted by molar-refractivity contribution is -0.204. The van der Waals surface area contributed by atoms with Gasteiger partial charge in [-0.2, -0.15) is 0 Å². The second kappa shape index (κ2) is 12.1. The van der Waals surface area contributed by atoms with Gasteiger partial charge in [0.15, 0.2) is 5.54 Å². The number of β-lactam (4-membered cyclic amide) rings is 1. The molecule has 4 aromatic carbocycles. The lowest BCUT2D eigenvalue weighted by Gasteiger charge is -2.64. The number of nitrogens with zero attached hydrogens (tertiary/aromatic N) is 2. The van der Waals surface area contributed by atoms with Crippen LogP contribution >= 0.6 is 0 Å². The molecule has 2 amide bonds. The van der Waals surface area contributed by atoms with E-state index in [4.69, 9.17) is 9.47 Å². The monoisotopic (exact) mass is 616 g/mol. The molecule has 0 aromatic heterocycles. The Hall–Kier alpha value is -4.91. The van der Waals surface area contributed by atoms with Crippen molar-refractivity contribution in [2.24, 2.45) is 0 Å². The van der Waals surface area contributed by atoms with Crippen molar-refractivity contribution in [3.8, 4) is 0 Å². The Morgan fingerprint density at radius 1 is 0.761 bits per heavy atom. The molecule has 2 heterocycles. The van der Waals surface area contributed by atoms with E-state index in [0.29, 0.717) is 0 Å². The van der Waals surface area contributed by atoms with Gasteiger partial charge in [-0.1, -0.05) is 121 Å². The normalized spacial score (nSPS) is 22.5. The van der Waals surface area contributed by atoms with Crippen LogP contribution in [0, 0.1) is 0 Å². The van der Waals surface area contributed by atoms with Crippen LogP contribution < -0.4 is 0 Å². The molecule has 7 heteroatoms. The van der Waals surface area contributed by atoms with E-state index in [9.17, 15) is 9.59 Å². The van der Waals surface area contributed by atoms with E-state index >= 15 is 4.79 Å². The number of cyclic esters (lactones) is 1. The Kier molecular flexibility index (Phi) is 8.19. The number of esters is 1. The van der Waals surface area contributed by atoms with E-state index in [1.54, 1.807) is 16.7 Å². The molecule has 0 saturated carbocycles. The standard InChI is InChI=1S/C39H40N2O5/c1-37(2,3)46-35(43)38(4,25-28-17-9-5-10-18-28)41-33(31-23-15-8-16-24-31)39(34(41)42,26-29-19-11-6-12-20-29)40-32(27-45-36(40)44)30-21-13-7-14-22-30/h5-24,32-33H,25-27H2,1-4H3/t32-,33-,38-,39-/m1/s1. The lowest BCUT2D eigenvalue weighted by Crippen LogP contribution is -2.81. The molecule has 236 valence electrons. The largest absolute Gasteiger partial charge is 0.458 e. The highest BCUT2D eigenvalue weighted by Crippen LogP contribution is 2.56. The summed E-state index contributed by atoms with van der Waals surface area (Å²) in [5.74, 6) is -0.829. The number of amides is 2. The van der Waals surface area contributed by atoms with Crippen molar-refractivity contribution in [1.29, 1.82) is 0 Å². The summed E-state index contributed by atoms with van der Waals surface area (Å²) in [5, 5.41) is 0. The Bertz CT molecular complexity index is 1690. The molecule has 2 saturated heterocycles. The molecule has 2 aliphatic rings. The van der Waals surface area contributed by atoms with Gasteiger partial charge in [-0.3, -0.25) is 9.69 Å². The van der Waals surface area contributed by atoms with Crippen molar-refractivity contribution in [3.63, 3.8) is 0 Å². The SMILES string of the molecule is CC(C)(C)OC(=O)[C@@](C)(Cc1ccccc1)N1C(=O)[C@](Cc2ccccc2)(N2C(=O)OC[C@@H]2c2ccccc2)[C@H]1c1ccccc1. The minimum atomic E-state index is -1.40. The van der Waals surface area contributed by atoms with Gasteiger partial charge in [0.2, 0.25) is 0 Å². The van der Waals surface area contributed by atoms with Gasteiger partial charge in [-0.25, -0.2) is 9.59 Å². The fraction of sp³-hybridized carbons (Fsp3) is 0.308. The fourth-order valence-corrected chi connectivity index (χ4v) is 6.98. The van der Waals surface area contributed by atoms with Crippen LogP contribution in [0.4, 0.5) is 4.79 Å². The van der Waals surface area contributed by atoms with Gasteiger partial charge in [-0.15, -0.1) is 0 Å². The topological polar surface area (TPSA) is 76.2 Å². The summed E-state index contributed by atoms with van der Waals surface area (Å²) in [6.07, 6.45) is -0.0938. The summed E-state index contributed by atoms with van der Waals surface area (Å²) in [6, 6.07) is 37.5. The van der Waals surface area contributed by atoms with Crippen molar-refractivity contribution in [2.75, 3.05) is 6.61 Å². The molecule has 0 unspecified atom stereocenters. The van der Waals surface area contributed by atoms with Gasteiger partial charge in [0.1, 0.15) is 17.7 Å². The molecular formula is C39H40N2O5. The van der Waals surface area contributed by atoms with E-state index in [-0.39, 0.29) is 25.4 Å². The highest BCUT2D eigenvalue weighted by atomic mass is 16.6. The van der Waals surface area contributed by atoms with Crippen molar-refractivity contribution in [2.45, 2.75) is 69.3 Å². The average molecular weight is 617 g/mol. The summed E-state index contributed by atoms with van der Waals surface area (Å²) in [7, 11) is 0. The molecule has 0 bridgehead atoms. The molecular weight excluding hydrogens is 576 g/mol. The average Bonchev–Trinajstić information content (AvgIpc) is 3.44. The second-order valence-electron chi connectivity index (χ2n) is 13.4. The van der Waals surface area contributed by atoms with E-state index in [0.717, 1.165) is 22.3 Å². The highest BCUT2D eigenvalue weighted by molar-refractivity contribution is 6.02. The number of hydrogen-bond acceptors (Lipinski definition) is 5.